The van der Waals surface area contributed by atoms with Crippen LogP contribution in [0, 0.1) is 0 Å². The SMILES string of the molecule is CC1(C)c2ccccc2-c2ccc(N(c3ccc(-c4ccccc4)cc3)c3ccc(-c4c(-c5ccc6ccccc6c5)ccc5c4oc4c6ccccc6c6ccccc6c54)cc3)cc21. The minimum absolute atomic E-state index is 0.129. The molecule has 2 nitrogen and oxygen atoms in total. The third-order valence-electron chi connectivity index (χ3n) is 14.0. The predicted molar refractivity (Wildman–Crippen MR) is 275 cm³/mol. The topological polar surface area (TPSA) is 16.4 Å². The summed E-state index contributed by atoms with van der Waals surface area (Å²) >= 11 is 0. The van der Waals surface area contributed by atoms with Crippen LogP contribution in [0.4, 0.5) is 17.1 Å². The smallest absolute Gasteiger partial charge is 0.143 e. The van der Waals surface area contributed by atoms with Crippen LogP contribution in [0.5, 0.6) is 0 Å². The van der Waals surface area contributed by atoms with Crippen LogP contribution in [0.3, 0.4) is 0 Å². The Balaban J connectivity index is 1.02. The first-order valence-electron chi connectivity index (χ1n) is 22.6. The number of hydrogen-bond donors (Lipinski definition) is 0. The van der Waals surface area contributed by atoms with Crippen LogP contribution in [-0.2, 0) is 5.41 Å². The van der Waals surface area contributed by atoms with Gasteiger partial charge in [0.05, 0.1) is 0 Å². The van der Waals surface area contributed by atoms with Crippen LogP contribution in [0.2, 0.25) is 0 Å². The van der Waals surface area contributed by atoms with E-state index in [2.05, 4.69) is 243 Å². The van der Waals surface area contributed by atoms with Crippen molar-refractivity contribution in [3.8, 4) is 44.5 Å². The fourth-order valence-electron chi connectivity index (χ4n) is 10.8. The lowest BCUT2D eigenvalue weighted by atomic mass is 9.82. The van der Waals surface area contributed by atoms with Gasteiger partial charge in [0.1, 0.15) is 11.2 Å². The molecule has 1 heterocycles. The molecule has 0 saturated heterocycles. The van der Waals surface area contributed by atoms with E-state index in [0.717, 1.165) is 66.6 Å². The van der Waals surface area contributed by atoms with Gasteiger partial charge in [-0.05, 0) is 126 Å². The average Bonchev–Trinajstić information content (AvgIpc) is 3.87. The zero-order valence-corrected chi connectivity index (χ0v) is 36.2. The summed E-state index contributed by atoms with van der Waals surface area (Å²) in [6, 6.07) is 82.0. The molecule has 306 valence electrons. The van der Waals surface area contributed by atoms with Gasteiger partial charge in [-0.3, -0.25) is 0 Å². The zero-order chi connectivity index (χ0) is 43.2. The fourth-order valence-corrected chi connectivity index (χ4v) is 10.8. The number of nitrogens with zero attached hydrogens (tertiary/aromatic N) is 1. The number of furan rings is 1. The largest absolute Gasteiger partial charge is 0.455 e. The third kappa shape index (κ3) is 5.81. The van der Waals surface area contributed by atoms with Crippen molar-refractivity contribution in [3.05, 3.63) is 236 Å². The molecule has 11 aromatic carbocycles. The van der Waals surface area contributed by atoms with Crippen LogP contribution in [0.25, 0.3) is 98.8 Å². The second kappa shape index (κ2) is 14.4. The number of rotatable bonds is 6. The summed E-state index contributed by atoms with van der Waals surface area (Å²) in [5.74, 6) is 0. The Morgan fingerprint density at radius 1 is 0.338 bits per heavy atom. The summed E-state index contributed by atoms with van der Waals surface area (Å²) in [6.45, 7) is 4.71. The number of fused-ring (bicyclic) bond motifs is 12. The second-order valence-corrected chi connectivity index (χ2v) is 18.0. The van der Waals surface area contributed by atoms with Gasteiger partial charge in [-0.1, -0.05) is 190 Å². The van der Waals surface area contributed by atoms with Crippen LogP contribution >= 0.6 is 0 Å². The van der Waals surface area contributed by atoms with Crippen LogP contribution in [-0.4, -0.2) is 0 Å². The molecule has 1 aliphatic carbocycles. The van der Waals surface area contributed by atoms with E-state index in [-0.39, 0.29) is 5.41 Å². The number of anilines is 3. The molecule has 0 unspecified atom stereocenters. The van der Waals surface area contributed by atoms with Gasteiger partial charge in [0.2, 0.25) is 0 Å². The Morgan fingerprint density at radius 3 is 1.66 bits per heavy atom. The lowest BCUT2D eigenvalue weighted by Crippen LogP contribution is -2.16. The Labute approximate surface area is 378 Å². The van der Waals surface area contributed by atoms with E-state index in [0.29, 0.717) is 0 Å². The highest BCUT2D eigenvalue weighted by Crippen LogP contribution is 2.52. The summed E-state index contributed by atoms with van der Waals surface area (Å²) in [7, 11) is 0. The lowest BCUT2D eigenvalue weighted by Gasteiger charge is -2.28. The highest BCUT2D eigenvalue weighted by Gasteiger charge is 2.36. The van der Waals surface area contributed by atoms with Gasteiger partial charge in [0.25, 0.3) is 0 Å². The van der Waals surface area contributed by atoms with E-state index in [4.69, 9.17) is 4.42 Å². The molecule has 0 amide bonds. The first kappa shape index (κ1) is 37.4. The maximum Gasteiger partial charge on any atom is 0.143 e. The minimum Gasteiger partial charge on any atom is -0.455 e. The van der Waals surface area contributed by atoms with Gasteiger partial charge in [-0.2, -0.15) is 0 Å². The van der Waals surface area contributed by atoms with E-state index in [9.17, 15) is 0 Å². The monoisotopic (exact) mass is 829 g/mol. The van der Waals surface area contributed by atoms with Crippen molar-refractivity contribution in [2.24, 2.45) is 0 Å². The molecule has 1 aromatic heterocycles. The van der Waals surface area contributed by atoms with Gasteiger partial charge in [0, 0.05) is 44.2 Å². The van der Waals surface area contributed by atoms with E-state index < -0.39 is 0 Å². The van der Waals surface area contributed by atoms with Gasteiger partial charge < -0.3 is 9.32 Å². The molecule has 0 N–H and O–H groups in total. The van der Waals surface area contributed by atoms with Crippen LogP contribution in [0.15, 0.2) is 229 Å². The lowest BCUT2D eigenvalue weighted by molar-refractivity contribution is 0.660. The molecule has 0 spiro atoms. The molecule has 1 aliphatic rings. The van der Waals surface area contributed by atoms with Crippen molar-refractivity contribution in [1.82, 2.24) is 0 Å². The molecule has 13 rings (SSSR count). The Kier molecular flexibility index (Phi) is 8.29. The molecule has 0 atom stereocenters. The van der Waals surface area contributed by atoms with E-state index in [1.54, 1.807) is 0 Å². The van der Waals surface area contributed by atoms with Crippen molar-refractivity contribution < 1.29 is 4.42 Å². The average molecular weight is 830 g/mol. The molecule has 2 heteroatoms. The molecule has 0 fully saturated rings. The summed E-state index contributed by atoms with van der Waals surface area (Å²) < 4.78 is 7.25. The highest BCUT2D eigenvalue weighted by molar-refractivity contribution is 6.31. The molecular formula is C63H43NO. The molecule has 0 aliphatic heterocycles. The van der Waals surface area contributed by atoms with Crippen molar-refractivity contribution in [1.29, 1.82) is 0 Å². The minimum atomic E-state index is -0.129. The fraction of sp³-hybridized carbons (Fsp3) is 0.0476. The first-order chi connectivity index (χ1) is 32.0. The van der Waals surface area contributed by atoms with Crippen LogP contribution < -0.4 is 4.90 Å². The summed E-state index contributed by atoms with van der Waals surface area (Å²) in [6.07, 6.45) is 0. The molecule has 0 radical (unpaired) electrons. The molecular weight excluding hydrogens is 787 g/mol. The predicted octanol–water partition coefficient (Wildman–Crippen LogP) is 17.8. The summed E-state index contributed by atoms with van der Waals surface area (Å²) in [5.41, 5.74) is 17.2. The Morgan fingerprint density at radius 2 is 0.892 bits per heavy atom. The highest BCUT2D eigenvalue weighted by atomic mass is 16.3. The Hall–Kier alpha value is -8.20. The van der Waals surface area contributed by atoms with Gasteiger partial charge in [-0.25, -0.2) is 0 Å². The summed E-state index contributed by atoms with van der Waals surface area (Å²) in [4.78, 5) is 2.40. The van der Waals surface area contributed by atoms with Crippen molar-refractivity contribution >= 4 is 71.3 Å². The molecule has 65 heavy (non-hydrogen) atoms. The molecule has 0 bridgehead atoms. The first-order valence-corrected chi connectivity index (χ1v) is 22.6. The second-order valence-electron chi connectivity index (χ2n) is 18.0. The van der Waals surface area contributed by atoms with Gasteiger partial charge in [0.15, 0.2) is 0 Å². The summed E-state index contributed by atoms with van der Waals surface area (Å²) in [5, 5.41) is 9.47. The van der Waals surface area contributed by atoms with E-state index in [1.807, 2.05) is 0 Å². The maximum atomic E-state index is 7.25. The van der Waals surface area contributed by atoms with Crippen LogP contribution in [0.1, 0.15) is 25.0 Å². The maximum absolute atomic E-state index is 7.25. The van der Waals surface area contributed by atoms with Crippen molar-refractivity contribution in [3.63, 3.8) is 0 Å². The van der Waals surface area contributed by atoms with Gasteiger partial charge in [-0.15, -0.1) is 0 Å². The standard InChI is InChI=1S/C63H43NO/c1-63(2)57-23-13-12-20-52(57)53-35-34-48(39-58(53)63)64(46-30-26-42(27-31-46)40-14-4-3-5-15-40)47-32-28-43(29-33-47)59-49(45-25-24-41-16-6-7-17-44(41)38-45)36-37-56-60-54-21-10-8-18-50(54)51-19-9-11-22-55(51)61(60)65-62(56)59/h3-39H,1-2H3. The van der Waals surface area contributed by atoms with E-state index in [1.165, 1.54) is 60.3 Å². The van der Waals surface area contributed by atoms with Gasteiger partial charge >= 0.3 is 0 Å². The normalized spacial score (nSPS) is 12.9. The Bertz CT molecular complexity index is 3840. The van der Waals surface area contributed by atoms with Crippen molar-refractivity contribution in [2.75, 3.05) is 4.90 Å². The quantitative estimate of drug-likeness (QED) is 0.155. The number of benzene rings is 11. The molecule has 12 aromatic rings. The number of hydrogen-bond acceptors (Lipinski definition) is 2. The third-order valence-corrected chi connectivity index (χ3v) is 14.0. The molecule has 0 saturated carbocycles. The van der Waals surface area contributed by atoms with Crippen molar-refractivity contribution in [2.45, 2.75) is 19.3 Å². The zero-order valence-electron chi connectivity index (χ0n) is 36.2. The van der Waals surface area contributed by atoms with E-state index >= 15 is 0 Å².